The number of aryl methyl sites for hydroxylation is 1. The quantitative estimate of drug-likeness (QED) is 0.725. The lowest BCUT2D eigenvalue weighted by Crippen LogP contribution is -2.04. The van der Waals surface area contributed by atoms with Crippen LogP contribution in [-0.4, -0.2) is 12.0 Å². The van der Waals surface area contributed by atoms with E-state index in [1.807, 2.05) is 7.05 Å². The van der Waals surface area contributed by atoms with E-state index in [0.29, 0.717) is 0 Å². The highest BCUT2D eigenvalue weighted by Crippen LogP contribution is 2.29. The van der Waals surface area contributed by atoms with Gasteiger partial charge in [0.15, 0.2) is 0 Å². The van der Waals surface area contributed by atoms with Crippen LogP contribution in [0.4, 0.5) is 0 Å². The zero-order chi connectivity index (χ0) is 13.2. The molecular formula is C17H18N2. The first-order valence-electron chi connectivity index (χ1n) is 6.61. The van der Waals surface area contributed by atoms with Crippen LogP contribution in [0.2, 0.25) is 0 Å². The average molecular weight is 250 g/mol. The number of nitrogens with one attached hydrogen (secondary N) is 2. The summed E-state index contributed by atoms with van der Waals surface area (Å²) in [5, 5.41) is 5.78. The van der Waals surface area contributed by atoms with E-state index in [9.17, 15) is 0 Å². The SMILES string of the molecule is CNCc1cc(-c2cccc3ccccc23)[nH]c1C. The fraction of sp³-hybridized carbons (Fsp3) is 0.176. The Bertz CT molecular complexity index is 705. The lowest BCUT2D eigenvalue weighted by Gasteiger charge is -2.04. The van der Waals surface area contributed by atoms with Crippen molar-refractivity contribution < 1.29 is 0 Å². The molecule has 3 rings (SSSR count). The molecule has 0 fully saturated rings. The average Bonchev–Trinajstić information content (AvgIpc) is 2.80. The van der Waals surface area contributed by atoms with Crippen LogP contribution in [0.15, 0.2) is 48.5 Å². The zero-order valence-corrected chi connectivity index (χ0v) is 11.3. The monoisotopic (exact) mass is 250 g/mol. The Kier molecular flexibility index (Phi) is 3.10. The van der Waals surface area contributed by atoms with E-state index in [4.69, 9.17) is 0 Å². The van der Waals surface area contributed by atoms with E-state index in [-0.39, 0.29) is 0 Å². The van der Waals surface area contributed by atoms with Crippen molar-refractivity contribution in [2.24, 2.45) is 0 Å². The van der Waals surface area contributed by atoms with Crippen molar-refractivity contribution in [2.75, 3.05) is 7.05 Å². The van der Waals surface area contributed by atoms with Gasteiger partial charge in [-0.1, -0.05) is 42.5 Å². The van der Waals surface area contributed by atoms with E-state index < -0.39 is 0 Å². The van der Waals surface area contributed by atoms with Gasteiger partial charge in [0.25, 0.3) is 0 Å². The van der Waals surface area contributed by atoms with Gasteiger partial charge in [-0.3, -0.25) is 0 Å². The highest BCUT2D eigenvalue weighted by atomic mass is 14.8. The van der Waals surface area contributed by atoms with E-state index >= 15 is 0 Å². The smallest absolute Gasteiger partial charge is 0.0465 e. The van der Waals surface area contributed by atoms with Gasteiger partial charge in [-0.15, -0.1) is 0 Å². The van der Waals surface area contributed by atoms with Crippen molar-refractivity contribution >= 4 is 10.8 Å². The zero-order valence-electron chi connectivity index (χ0n) is 11.3. The molecule has 0 atom stereocenters. The summed E-state index contributed by atoms with van der Waals surface area (Å²) in [6, 6.07) is 17.2. The maximum Gasteiger partial charge on any atom is 0.0465 e. The van der Waals surface area contributed by atoms with Crippen LogP contribution in [0, 0.1) is 6.92 Å². The lowest BCUT2D eigenvalue weighted by atomic mass is 10.0. The molecule has 2 heteroatoms. The molecule has 0 aliphatic carbocycles. The molecule has 3 aromatic rings. The molecule has 0 saturated heterocycles. The predicted molar refractivity (Wildman–Crippen MR) is 81.2 cm³/mol. The Morgan fingerprint density at radius 3 is 2.68 bits per heavy atom. The van der Waals surface area contributed by atoms with Crippen LogP contribution >= 0.6 is 0 Å². The molecule has 0 amide bonds. The Morgan fingerprint density at radius 2 is 1.84 bits per heavy atom. The van der Waals surface area contributed by atoms with E-state index in [2.05, 4.69) is 65.8 Å². The minimum atomic E-state index is 0.896. The molecule has 2 aromatic carbocycles. The number of benzene rings is 2. The van der Waals surface area contributed by atoms with Crippen LogP contribution in [0.3, 0.4) is 0 Å². The second kappa shape index (κ2) is 4.90. The number of hydrogen-bond donors (Lipinski definition) is 2. The fourth-order valence-electron chi connectivity index (χ4n) is 2.58. The Labute approximate surface area is 113 Å². The molecular weight excluding hydrogens is 232 g/mol. The maximum atomic E-state index is 3.50. The molecule has 2 nitrogen and oxygen atoms in total. The van der Waals surface area contributed by atoms with Gasteiger partial charge in [0.2, 0.25) is 0 Å². The fourth-order valence-corrected chi connectivity index (χ4v) is 2.58. The number of fused-ring (bicyclic) bond motifs is 1. The summed E-state index contributed by atoms with van der Waals surface area (Å²) >= 11 is 0. The molecule has 1 heterocycles. The van der Waals surface area contributed by atoms with Crippen molar-refractivity contribution in [1.82, 2.24) is 10.3 Å². The van der Waals surface area contributed by atoms with E-state index in [0.717, 1.165) is 6.54 Å². The Morgan fingerprint density at radius 1 is 1.05 bits per heavy atom. The van der Waals surface area contributed by atoms with Gasteiger partial charge in [0.1, 0.15) is 0 Å². The lowest BCUT2D eigenvalue weighted by molar-refractivity contribution is 0.812. The highest BCUT2D eigenvalue weighted by Gasteiger charge is 2.08. The van der Waals surface area contributed by atoms with Crippen molar-refractivity contribution in [3.63, 3.8) is 0 Å². The van der Waals surface area contributed by atoms with Gasteiger partial charge >= 0.3 is 0 Å². The minimum Gasteiger partial charge on any atom is -0.358 e. The third kappa shape index (κ3) is 2.15. The van der Waals surface area contributed by atoms with Gasteiger partial charge in [0, 0.05) is 23.5 Å². The van der Waals surface area contributed by atoms with Crippen molar-refractivity contribution in [2.45, 2.75) is 13.5 Å². The summed E-state index contributed by atoms with van der Waals surface area (Å²) in [6.07, 6.45) is 0. The maximum absolute atomic E-state index is 3.50. The first-order valence-corrected chi connectivity index (χ1v) is 6.61. The van der Waals surface area contributed by atoms with Gasteiger partial charge < -0.3 is 10.3 Å². The number of H-pyrrole nitrogens is 1. The van der Waals surface area contributed by atoms with Crippen LogP contribution in [0.25, 0.3) is 22.0 Å². The standard InChI is InChI=1S/C17H18N2/c1-12-14(11-18-2)10-17(19-12)16-9-5-7-13-6-3-4-8-15(13)16/h3-10,18-19H,11H2,1-2H3. The minimum absolute atomic E-state index is 0.896. The molecule has 2 N–H and O–H groups in total. The molecule has 1 aromatic heterocycles. The second-order valence-corrected chi connectivity index (χ2v) is 4.89. The van der Waals surface area contributed by atoms with Crippen LogP contribution in [0.5, 0.6) is 0 Å². The summed E-state index contributed by atoms with van der Waals surface area (Å²) in [5.41, 5.74) is 5.02. The molecule has 0 radical (unpaired) electrons. The summed E-state index contributed by atoms with van der Waals surface area (Å²) in [4.78, 5) is 3.50. The summed E-state index contributed by atoms with van der Waals surface area (Å²) in [5.74, 6) is 0. The number of hydrogen-bond acceptors (Lipinski definition) is 1. The summed E-state index contributed by atoms with van der Waals surface area (Å²) in [7, 11) is 1.98. The molecule has 19 heavy (non-hydrogen) atoms. The topological polar surface area (TPSA) is 27.8 Å². The second-order valence-electron chi connectivity index (χ2n) is 4.89. The summed E-state index contributed by atoms with van der Waals surface area (Å²) < 4.78 is 0. The van der Waals surface area contributed by atoms with Gasteiger partial charge in [-0.2, -0.15) is 0 Å². The third-order valence-electron chi connectivity index (χ3n) is 3.57. The Balaban J connectivity index is 2.16. The van der Waals surface area contributed by atoms with Crippen LogP contribution in [0.1, 0.15) is 11.3 Å². The van der Waals surface area contributed by atoms with Crippen molar-refractivity contribution in [3.8, 4) is 11.3 Å². The largest absolute Gasteiger partial charge is 0.358 e. The predicted octanol–water partition coefficient (Wildman–Crippen LogP) is 3.86. The normalized spacial score (nSPS) is 11.1. The first-order chi connectivity index (χ1) is 9.29. The number of aromatic nitrogens is 1. The molecule has 0 unspecified atom stereocenters. The highest BCUT2D eigenvalue weighted by molar-refractivity contribution is 5.95. The van der Waals surface area contributed by atoms with Gasteiger partial charge in [-0.05, 0) is 36.4 Å². The molecule has 0 saturated carbocycles. The van der Waals surface area contributed by atoms with Gasteiger partial charge in [0.05, 0.1) is 0 Å². The molecule has 0 aliphatic rings. The van der Waals surface area contributed by atoms with E-state index in [1.54, 1.807) is 0 Å². The van der Waals surface area contributed by atoms with Gasteiger partial charge in [-0.25, -0.2) is 0 Å². The van der Waals surface area contributed by atoms with Crippen molar-refractivity contribution in [1.29, 1.82) is 0 Å². The van der Waals surface area contributed by atoms with E-state index in [1.165, 1.54) is 33.3 Å². The summed E-state index contributed by atoms with van der Waals surface area (Å²) in [6.45, 7) is 3.02. The van der Waals surface area contributed by atoms with Crippen LogP contribution in [-0.2, 0) is 6.54 Å². The Hall–Kier alpha value is -2.06. The third-order valence-corrected chi connectivity index (χ3v) is 3.57. The molecule has 0 aliphatic heterocycles. The molecule has 96 valence electrons. The van der Waals surface area contributed by atoms with Crippen LogP contribution < -0.4 is 5.32 Å². The molecule has 0 spiro atoms. The van der Waals surface area contributed by atoms with Crippen molar-refractivity contribution in [3.05, 3.63) is 59.8 Å². The number of aromatic amines is 1. The number of rotatable bonds is 3. The first kappa shape index (κ1) is 12.0. The molecule has 0 bridgehead atoms.